The Bertz CT molecular complexity index is 922. The number of hydrogen-bond donors (Lipinski definition) is 1. The summed E-state index contributed by atoms with van der Waals surface area (Å²) in [5.74, 6) is 0.0722. The maximum Gasteiger partial charge on any atom is 0.254 e. The Hall–Kier alpha value is -1.50. The highest BCUT2D eigenvalue weighted by molar-refractivity contribution is 7.99. The van der Waals surface area contributed by atoms with E-state index in [1.807, 2.05) is 20.8 Å². The van der Waals surface area contributed by atoms with Gasteiger partial charge < -0.3 is 5.32 Å². The summed E-state index contributed by atoms with van der Waals surface area (Å²) < 4.78 is 1.57. The number of nitrogens with zero attached hydrogens (tertiary/aromatic N) is 2. The summed E-state index contributed by atoms with van der Waals surface area (Å²) in [4.78, 5) is 29.7. The van der Waals surface area contributed by atoms with Crippen LogP contribution in [-0.2, 0) is 16.8 Å². The third-order valence-electron chi connectivity index (χ3n) is 4.12. The van der Waals surface area contributed by atoms with Crippen molar-refractivity contribution in [1.82, 2.24) is 9.55 Å². The molecule has 1 amide bonds. The Labute approximate surface area is 166 Å². The summed E-state index contributed by atoms with van der Waals surface area (Å²) in [7, 11) is 0. The molecular formula is C18H19Cl2N3O2S. The molecule has 3 rings (SSSR count). The van der Waals surface area contributed by atoms with E-state index in [4.69, 9.17) is 23.2 Å². The lowest BCUT2D eigenvalue weighted by Crippen LogP contribution is -2.37. The summed E-state index contributed by atoms with van der Waals surface area (Å²) >= 11 is 13.3. The second kappa shape index (κ2) is 7.25. The molecule has 138 valence electrons. The molecule has 1 atom stereocenters. The lowest BCUT2D eigenvalue weighted by Gasteiger charge is -2.26. The van der Waals surface area contributed by atoms with Crippen LogP contribution in [0.5, 0.6) is 0 Å². The smallest absolute Gasteiger partial charge is 0.254 e. The number of thioether (sulfide) groups is 1. The molecule has 1 unspecified atom stereocenters. The number of aromatic nitrogens is 2. The van der Waals surface area contributed by atoms with Gasteiger partial charge in [0.1, 0.15) is 0 Å². The van der Waals surface area contributed by atoms with Crippen molar-refractivity contribution in [3.8, 4) is 0 Å². The molecule has 0 aliphatic carbocycles. The number of hydrogen-bond acceptors (Lipinski definition) is 4. The van der Waals surface area contributed by atoms with Gasteiger partial charge in [0.2, 0.25) is 5.91 Å². The summed E-state index contributed by atoms with van der Waals surface area (Å²) in [5, 5.41) is 4.31. The molecule has 0 saturated heterocycles. The third kappa shape index (κ3) is 4.08. The van der Waals surface area contributed by atoms with E-state index in [2.05, 4.69) is 10.3 Å². The van der Waals surface area contributed by atoms with Crippen molar-refractivity contribution in [3.63, 3.8) is 0 Å². The average molecular weight is 412 g/mol. The highest BCUT2D eigenvalue weighted by Gasteiger charge is 2.28. The number of rotatable bonds is 2. The quantitative estimate of drug-likeness (QED) is 0.751. The molecule has 2 aromatic rings. The number of nitrogens with one attached hydrogen (secondary N) is 1. The predicted molar refractivity (Wildman–Crippen MR) is 107 cm³/mol. The van der Waals surface area contributed by atoms with Crippen LogP contribution in [0.2, 0.25) is 10.0 Å². The molecule has 0 radical (unpaired) electrons. The Morgan fingerprint density at radius 3 is 2.65 bits per heavy atom. The molecule has 26 heavy (non-hydrogen) atoms. The van der Waals surface area contributed by atoms with Crippen molar-refractivity contribution in [2.75, 3.05) is 11.1 Å². The van der Waals surface area contributed by atoms with E-state index in [1.54, 1.807) is 28.8 Å². The van der Waals surface area contributed by atoms with Crippen LogP contribution in [0.25, 0.3) is 0 Å². The van der Waals surface area contributed by atoms with Crippen LogP contribution in [0.15, 0.2) is 34.2 Å². The summed E-state index contributed by atoms with van der Waals surface area (Å²) in [5.41, 5.74) is 1.02. The molecule has 0 spiro atoms. The Kier molecular flexibility index (Phi) is 5.37. The molecule has 0 bridgehead atoms. The zero-order valence-electron chi connectivity index (χ0n) is 14.7. The average Bonchev–Trinajstić information content (AvgIpc) is 2.57. The van der Waals surface area contributed by atoms with E-state index < -0.39 is 0 Å². The summed E-state index contributed by atoms with van der Waals surface area (Å²) in [6.07, 6.45) is 0. The monoisotopic (exact) mass is 411 g/mol. The predicted octanol–water partition coefficient (Wildman–Crippen LogP) is 4.21. The van der Waals surface area contributed by atoms with Gasteiger partial charge in [0, 0.05) is 29.5 Å². The van der Waals surface area contributed by atoms with Gasteiger partial charge in [-0.15, -0.1) is 0 Å². The van der Waals surface area contributed by atoms with Crippen LogP contribution >= 0.6 is 35.0 Å². The molecule has 1 aromatic carbocycles. The Morgan fingerprint density at radius 2 is 2.00 bits per heavy atom. The van der Waals surface area contributed by atoms with Crippen LogP contribution in [-0.4, -0.2) is 21.2 Å². The number of halogens is 2. The first-order chi connectivity index (χ1) is 12.1. The van der Waals surface area contributed by atoms with Crippen molar-refractivity contribution in [2.45, 2.75) is 37.9 Å². The van der Waals surface area contributed by atoms with Crippen molar-refractivity contribution in [1.29, 1.82) is 0 Å². The largest absolute Gasteiger partial charge is 0.326 e. The van der Waals surface area contributed by atoms with Crippen LogP contribution in [0, 0.1) is 5.92 Å². The Morgan fingerprint density at radius 1 is 1.27 bits per heavy atom. The van der Waals surface area contributed by atoms with Gasteiger partial charge in [0.05, 0.1) is 21.7 Å². The first-order valence-electron chi connectivity index (χ1n) is 8.16. The van der Waals surface area contributed by atoms with Crippen molar-refractivity contribution in [2.24, 2.45) is 5.92 Å². The first kappa shape index (κ1) is 19.3. The van der Waals surface area contributed by atoms with Crippen LogP contribution in [0.3, 0.4) is 0 Å². The van der Waals surface area contributed by atoms with Gasteiger partial charge in [-0.2, -0.15) is 0 Å². The van der Waals surface area contributed by atoms with E-state index in [9.17, 15) is 9.59 Å². The second-order valence-electron chi connectivity index (χ2n) is 7.25. The van der Waals surface area contributed by atoms with Gasteiger partial charge in [0.15, 0.2) is 5.16 Å². The molecule has 1 aromatic heterocycles. The fourth-order valence-electron chi connectivity index (χ4n) is 2.57. The van der Waals surface area contributed by atoms with Crippen LogP contribution in [0.4, 0.5) is 5.69 Å². The summed E-state index contributed by atoms with van der Waals surface area (Å²) in [6, 6.07) is 6.49. The number of benzene rings is 1. The zero-order chi connectivity index (χ0) is 19.1. The van der Waals surface area contributed by atoms with E-state index in [-0.39, 0.29) is 22.8 Å². The third-order valence-corrected chi connectivity index (χ3v) is 5.99. The van der Waals surface area contributed by atoms with E-state index in [0.29, 0.717) is 33.2 Å². The standard InChI is InChI=1S/C18H19Cl2N3O2S/c1-18(2,3)14-7-15(24)23-8-10(9-26-17(23)22-14)16(25)21-11-4-5-12(19)13(20)6-11/h4-7,10H,8-9H2,1-3H3,(H,21,25). The Balaban J connectivity index is 1.78. The second-order valence-corrected chi connectivity index (χ2v) is 9.05. The molecule has 8 heteroatoms. The highest BCUT2D eigenvalue weighted by Crippen LogP contribution is 2.29. The van der Waals surface area contributed by atoms with Crippen molar-refractivity contribution < 1.29 is 4.79 Å². The van der Waals surface area contributed by atoms with Gasteiger partial charge in [-0.05, 0) is 18.2 Å². The lowest BCUT2D eigenvalue weighted by atomic mass is 9.92. The minimum absolute atomic E-state index is 0.125. The van der Waals surface area contributed by atoms with Crippen LogP contribution in [0.1, 0.15) is 26.5 Å². The highest BCUT2D eigenvalue weighted by atomic mass is 35.5. The molecule has 1 aliphatic rings. The molecule has 5 nitrogen and oxygen atoms in total. The van der Waals surface area contributed by atoms with Gasteiger partial charge in [-0.25, -0.2) is 4.98 Å². The van der Waals surface area contributed by atoms with E-state index >= 15 is 0 Å². The fraction of sp³-hybridized carbons (Fsp3) is 0.389. The minimum atomic E-state index is -0.332. The number of carbonyl (C=O) groups excluding carboxylic acids is 1. The van der Waals surface area contributed by atoms with E-state index in [1.165, 1.54) is 11.8 Å². The topological polar surface area (TPSA) is 64.0 Å². The SMILES string of the molecule is CC(C)(C)c1cc(=O)n2c(n1)SCC(C(=O)Nc1ccc(Cl)c(Cl)c1)C2. The van der Waals surface area contributed by atoms with Gasteiger partial charge in [0.25, 0.3) is 5.56 Å². The number of amides is 1. The molecule has 1 N–H and O–H groups in total. The first-order valence-corrected chi connectivity index (χ1v) is 9.90. The van der Waals surface area contributed by atoms with Crippen molar-refractivity contribution >= 4 is 46.6 Å². The van der Waals surface area contributed by atoms with Gasteiger partial charge >= 0.3 is 0 Å². The zero-order valence-corrected chi connectivity index (χ0v) is 17.0. The molecule has 0 fully saturated rings. The normalized spacial score (nSPS) is 16.9. The van der Waals surface area contributed by atoms with Gasteiger partial charge in [-0.1, -0.05) is 55.7 Å². The van der Waals surface area contributed by atoms with Gasteiger partial charge in [-0.3, -0.25) is 14.2 Å². The molecular weight excluding hydrogens is 393 g/mol. The maximum absolute atomic E-state index is 12.6. The molecule has 1 aliphatic heterocycles. The lowest BCUT2D eigenvalue weighted by molar-refractivity contribution is -0.119. The van der Waals surface area contributed by atoms with Crippen molar-refractivity contribution in [3.05, 3.63) is 50.4 Å². The minimum Gasteiger partial charge on any atom is -0.326 e. The number of carbonyl (C=O) groups is 1. The summed E-state index contributed by atoms with van der Waals surface area (Å²) in [6.45, 7) is 6.37. The molecule has 0 saturated carbocycles. The number of anilines is 1. The van der Waals surface area contributed by atoms with Crippen LogP contribution < -0.4 is 10.9 Å². The number of fused-ring (bicyclic) bond motifs is 1. The fourth-order valence-corrected chi connectivity index (χ4v) is 3.96. The molecule has 2 heterocycles. The van der Waals surface area contributed by atoms with E-state index in [0.717, 1.165) is 5.69 Å². The maximum atomic E-state index is 12.6.